The van der Waals surface area contributed by atoms with Crippen LogP contribution >= 0.6 is 0 Å². The molecule has 3 heteroatoms. The third kappa shape index (κ3) is 2.69. The van der Waals surface area contributed by atoms with Gasteiger partial charge in [-0.15, -0.1) is 0 Å². The summed E-state index contributed by atoms with van der Waals surface area (Å²) in [5.41, 5.74) is 8.87. The van der Waals surface area contributed by atoms with Gasteiger partial charge in [0.15, 0.2) is 0 Å². The van der Waals surface area contributed by atoms with Crippen LogP contribution in [-0.2, 0) is 11.2 Å². The second kappa shape index (κ2) is 5.94. The zero-order chi connectivity index (χ0) is 16.0. The molecule has 1 aromatic rings. The van der Waals surface area contributed by atoms with E-state index in [0.717, 1.165) is 31.5 Å². The van der Waals surface area contributed by atoms with E-state index in [1.807, 2.05) is 0 Å². The smallest absolute Gasteiger partial charge is 0.230 e. The van der Waals surface area contributed by atoms with E-state index in [1.165, 1.54) is 24.8 Å². The number of amides is 1. The molecular weight excluding hydrogens is 284 g/mol. The molecule has 3 unspecified atom stereocenters. The van der Waals surface area contributed by atoms with Crippen LogP contribution < -0.4 is 10.6 Å². The largest absolute Gasteiger partial charge is 0.327 e. The van der Waals surface area contributed by atoms with E-state index in [1.54, 1.807) is 0 Å². The van der Waals surface area contributed by atoms with Gasteiger partial charge in [0.05, 0.1) is 0 Å². The summed E-state index contributed by atoms with van der Waals surface area (Å²) in [6.45, 7) is 3.12. The van der Waals surface area contributed by atoms with Crippen LogP contribution in [0.5, 0.6) is 0 Å². The van der Waals surface area contributed by atoms with Gasteiger partial charge in [0.2, 0.25) is 5.91 Å². The Morgan fingerprint density at radius 3 is 2.61 bits per heavy atom. The zero-order valence-electron chi connectivity index (χ0n) is 14.1. The highest BCUT2D eigenvalue weighted by molar-refractivity contribution is 5.96. The molecule has 2 N–H and O–H groups in total. The molecule has 1 aliphatic heterocycles. The number of anilines is 1. The second-order valence-corrected chi connectivity index (χ2v) is 8.08. The summed E-state index contributed by atoms with van der Waals surface area (Å²) >= 11 is 0. The molecule has 2 aliphatic carbocycles. The summed E-state index contributed by atoms with van der Waals surface area (Å²) in [6.07, 6.45) is 6.82. The van der Waals surface area contributed by atoms with Crippen molar-refractivity contribution >= 4 is 11.6 Å². The number of rotatable bonds is 1. The quantitative estimate of drug-likeness (QED) is 0.864. The molecular formula is C20H28N2O. The summed E-state index contributed by atoms with van der Waals surface area (Å²) in [7, 11) is 0. The van der Waals surface area contributed by atoms with Crippen LogP contribution in [0.25, 0.3) is 0 Å². The maximum absolute atomic E-state index is 13.3. The van der Waals surface area contributed by atoms with Gasteiger partial charge < -0.3 is 10.6 Å². The Kier molecular flexibility index (Phi) is 3.92. The van der Waals surface area contributed by atoms with E-state index < -0.39 is 0 Å². The maximum Gasteiger partial charge on any atom is 0.230 e. The van der Waals surface area contributed by atoms with Crippen molar-refractivity contribution in [2.45, 2.75) is 51.5 Å². The summed E-state index contributed by atoms with van der Waals surface area (Å²) < 4.78 is 0. The average molecular weight is 312 g/mol. The molecule has 0 saturated heterocycles. The van der Waals surface area contributed by atoms with Crippen molar-refractivity contribution in [3.63, 3.8) is 0 Å². The zero-order valence-corrected chi connectivity index (χ0v) is 14.1. The Balaban J connectivity index is 1.58. The lowest BCUT2D eigenvalue weighted by Crippen LogP contribution is -2.51. The molecule has 1 amide bonds. The number of fused-ring (bicyclic) bond motifs is 3. The molecule has 3 aliphatic rings. The minimum absolute atomic E-state index is 0.184. The predicted octanol–water partition coefficient (Wildman–Crippen LogP) is 3.37. The molecule has 0 spiro atoms. The Morgan fingerprint density at radius 1 is 1.17 bits per heavy atom. The first-order valence-electron chi connectivity index (χ1n) is 9.28. The highest BCUT2D eigenvalue weighted by Gasteiger charge is 2.42. The van der Waals surface area contributed by atoms with Crippen molar-refractivity contribution in [1.29, 1.82) is 0 Å². The molecule has 1 aromatic carbocycles. The molecule has 3 atom stereocenters. The standard InChI is InChI=1S/C20H28N2O/c1-13-9-14-5-2-3-8-18(14)22(12-13)20(23)17-10-15-6-4-7-16(11-17)19(15)21/h2-3,5,8,13,15-17,19H,4,6-7,9-12,21H2,1H3. The van der Waals surface area contributed by atoms with Gasteiger partial charge in [-0.1, -0.05) is 31.5 Å². The lowest BCUT2D eigenvalue weighted by molar-refractivity contribution is -0.125. The average Bonchev–Trinajstić information content (AvgIpc) is 2.53. The molecule has 2 fully saturated rings. The topological polar surface area (TPSA) is 46.3 Å². The van der Waals surface area contributed by atoms with E-state index >= 15 is 0 Å². The van der Waals surface area contributed by atoms with E-state index in [4.69, 9.17) is 5.73 Å². The fourth-order valence-corrected chi connectivity index (χ4v) is 5.22. The van der Waals surface area contributed by atoms with E-state index in [9.17, 15) is 4.79 Å². The van der Waals surface area contributed by atoms with Crippen LogP contribution in [0.15, 0.2) is 24.3 Å². The van der Waals surface area contributed by atoms with Gasteiger partial charge >= 0.3 is 0 Å². The Bertz CT molecular complexity index is 585. The van der Waals surface area contributed by atoms with Crippen LogP contribution in [0.1, 0.15) is 44.6 Å². The summed E-state index contributed by atoms with van der Waals surface area (Å²) in [4.78, 5) is 15.4. The van der Waals surface area contributed by atoms with E-state index in [2.05, 4.69) is 36.1 Å². The number of hydrogen-bond donors (Lipinski definition) is 1. The summed E-state index contributed by atoms with van der Waals surface area (Å²) in [5, 5.41) is 0. The third-order valence-corrected chi connectivity index (χ3v) is 6.37. The van der Waals surface area contributed by atoms with E-state index in [-0.39, 0.29) is 5.92 Å². The molecule has 2 bridgehead atoms. The van der Waals surface area contributed by atoms with Crippen molar-refractivity contribution in [2.24, 2.45) is 29.4 Å². The van der Waals surface area contributed by atoms with Gasteiger partial charge in [0.25, 0.3) is 0 Å². The highest BCUT2D eigenvalue weighted by atomic mass is 16.2. The molecule has 4 rings (SSSR count). The SMILES string of the molecule is CC1Cc2ccccc2N(C(=O)C2CC3CCCC(C2)C3N)C1. The third-order valence-electron chi connectivity index (χ3n) is 6.37. The number of hydrogen-bond acceptors (Lipinski definition) is 2. The van der Waals surface area contributed by atoms with Gasteiger partial charge in [-0.2, -0.15) is 0 Å². The minimum atomic E-state index is 0.184. The van der Waals surface area contributed by atoms with Gasteiger partial charge in [-0.25, -0.2) is 0 Å². The number of para-hydroxylation sites is 1. The molecule has 0 aromatic heterocycles. The van der Waals surface area contributed by atoms with Gasteiger partial charge in [0, 0.05) is 24.2 Å². The van der Waals surface area contributed by atoms with Crippen molar-refractivity contribution < 1.29 is 4.79 Å². The molecule has 23 heavy (non-hydrogen) atoms. The lowest BCUT2D eigenvalue weighted by Gasteiger charge is -2.45. The van der Waals surface area contributed by atoms with Crippen molar-refractivity contribution in [3.05, 3.63) is 29.8 Å². The molecule has 1 heterocycles. The Morgan fingerprint density at radius 2 is 1.87 bits per heavy atom. The van der Waals surface area contributed by atoms with Crippen LogP contribution in [0, 0.1) is 23.7 Å². The monoisotopic (exact) mass is 312 g/mol. The first-order chi connectivity index (χ1) is 11.1. The number of carbonyl (C=O) groups is 1. The Labute approximate surface area is 139 Å². The Hall–Kier alpha value is -1.35. The van der Waals surface area contributed by atoms with Gasteiger partial charge in [-0.3, -0.25) is 4.79 Å². The number of benzene rings is 1. The van der Waals surface area contributed by atoms with Crippen LogP contribution in [0.2, 0.25) is 0 Å². The van der Waals surface area contributed by atoms with Crippen molar-refractivity contribution in [3.8, 4) is 0 Å². The van der Waals surface area contributed by atoms with Crippen LogP contribution in [0.3, 0.4) is 0 Å². The minimum Gasteiger partial charge on any atom is -0.327 e. The van der Waals surface area contributed by atoms with Crippen LogP contribution in [0.4, 0.5) is 5.69 Å². The maximum atomic E-state index is 13.3. The predicted molar refractivity (Wildman–Crippen MR) is 93.2 cm³/mol. The molecule has 2 saturated carbocycles. The number of carbonyl (C=O) groups excluding carboxylic acids is 1. The summed E-state index contributed by atoms with van der Waals surface area (Å²) in [5.74, 6) is 2.21. The van der Waals surface area contributed by atoms with Gasteiger partial charge in [0.1, 0.15) is 0 Å². The first kappa shape index (κ1) is 15.2. The first-order valence-corrected chi connectivity index (χ1v) is 9.28. The number of nitrogens with zero attached hydrogens (tertiary/aromatic N) is 1. The van der Waals surface area contributed by atoms with E-state index in [0.29, 0.717) is 29.7 Å². The van der Waals surface area contributed by atoms with Crippen LogP contribution in [-0.4, -0.2) is 18.5 Å². The fraction of sp³-hybridized carbons (Fsp3) is 0.650. The second-order valence-electron chi connectivity index (χ2n) is 8.08. The normalized spacial score (nSPS) is 36.4. The highest BCUT2D eigenvalue weighted by Crippen LogP contribution is 2.43. The molecule has 0 radical (unpaired) electrons. The molecule has 3 nitrogen and oxygen atoms in total. The van der Waals surface area contributed by atoms with Gasteiger partial charge in [-0.05, 0) is 61.5 Å². The molecule has 124 valence electrons. The lowest BCUT2D eigenvalue weighted by atomic mass is 9.65. The van der Waals surface area contributed by atoms with Crippen molar-refractivity contribution in [2.75, 3.05) is 11.4 Å². The van der Waals surface area contributed by atoms with Crippen molar-refractivity contribution in [1.82, 2.24) is 0 Å². The summed E-state index contributed by atoms with van der Waals surface area (Å²) in [6, 6.07) is 8.77. The fourth-order valence-electron chi connectivity index (χ4n) is 5.22. The number of nitrogens with two attached hydrogens (primary N) is 1.